The van der Waals surface area contributed by atoms with Crippen LogP contribution in [0, 0.1) is 6.92 Å². The van der Waals surface area contributed by atoms with Gasteiger partial charge in [0.05, 0.1) is 18.4 Å². The molecule has 15 heavy (non-hydrogen) atoms. The van der Waals surface area contributed by atoms with E-state index >= 15 is 0 Å². The molecule has 78 valence electrons. The lowest BCUT2D eigenvalue weighted by molar-refractivity contribution is 0.647. The first kappa shape index (κ1) is 9.86. The van der Waals surface area contributed by atoms with Gasteiger partial charge in [-0.2, -0.15) is 0 Å². The van der Waals surface area contributed by atoms with Crippen molar-refractivity contribution in [1.82, 2.24) is 15.0 Å². The Bertz CT molecular complexity index is 447. The van der Waals surface area contributed by atoms with E-state index < -0.39 is 0 Å². The van der Waals surface area contributed by atoms with Gasteiger partial charge >= 0.3 is 0 Å². The minimum Gasteiger partial charge on any atom is -0.325 e. The Hall–Kier alpha value is -1.68. The first-order chi connectivity index (χ1) is 7.29. The number of aromatic nitrogens is 3. The van der Waals surface area contributed by atoms with Gasteiger partial charge in [-0.1, -0.05) is 29.5 Å². The Morgan fingerprint density at radius 2 is 2.13 bits per heavy atom. The molecule has 2 aromatic rings. The van der Waals surface area contributed by atoms with E-state index in [1.165, 1.54) is 11.1 Å². The monoisotopic (exact) mass is 202 g/mol. The number of nitrogens with two attached hydrogens (primary N) is 1. The summed E-state index contributed by atoms with van der Waals surface area (Å²) in [6.45, 7) is 3.28. The largest absolute Gasteiger partial charge is 0.325 e. The molecule has 0 fully saturated rings. The topological polar surface area (TPSA) is 56.7 Å². The van der Waals surface area contributed by atoms with Crippen molar-refractivity contribution in [1.29, 1.82) is 0 Å². The van der Waals surface area contributed by atoms with Gasteiger partial charge in [-0.25, -0.2) is 4.68 Å². The van der Waals surface area contributed by atoms with Crippen molar-refractivity contribution >= 4 is 0 Å². The molecule has 0 aliphatic rings. The minimum atomic E-state index is 0.438. The molecular weight excluding hydrogens is 188 g/mol. The van der Waals surface area contributed by atoms with E-state index in [0.29, 0.717) is 6.54 Å². The number of nitrogens with zero attached hydrogens (tertiary/aromatic N) is 3. The Kier molecular flexibility index (Phi) is 2.78. The molecule has 0 radical (unpaired) electrons. The molecule has 0 bridgehead atoms. The lowest BCUT2D eigenvalue weighted by atomic mass is 10.1. The molecule has 2 N–H and O–H groups in total. The molecule has 0 saturated heterocycles. The van der Waals surface area contributed by atoms with Crippen LogP contribution in [-0.4, -0.2) is 15.0 Å². The maximum atomic E-state index is 5.47. The highest BCUT2D eigenvalue weighted by atomic mass is 15.4. The predicted octanol–water partition coefficient (Wildman–Crippen LogP) is 1.09. The van der Waals surface area contributed by atoms with Crippen LogP contribution in [0.2, 0.25) is 0 Å². The van der Waals surface area contributed by atoms with E-state index in [1.54, 1.807) is 0 Å². The summed E-state index contributed by atoms with van der Waals surface area (Å²) in [6, 6.07) is 8.25. The van der Waals surface area contributed by atoms with Crippen molar-refractivity contribution in [3.8, 4) is 0 Å². The van der Waals surface area contributed by atoms with Crippen LogP contribution in [0.15, 0.2) is 30.5 Å². The molecule has 4 nitrogen and oxygen atoms in total. The van der Waals surface area contributed by atoms with Gasteiger partial charge in [0.25, 0.3) is 0 Å². The second kappa shape index (κ2) is 4.23. The van der Waals surface area contributed by atoms with Gasteiger partial charge in [-0.15, -0.1) is 5.10 Å². The zero-order chi connectivity index (χ0) is 10.7. The molecule has 1 heterocycles. The van der Waals surface area contributed by atoms with Crippen molar-refractivity contribution in [2.75, 3.05) is 0 Å². The quantitative estimate of drug-likeness (QED) is 0.810. The van der Waals surface area contributed by atoms with Gasteiger partial charge in [0.2, 0.25) is 0 Å². The third kappa shape index (κ3) is 2.22. The SMILES string of the molecule is Cc1ccccc1Cn1cc(CN)nn1. The average Bonchev–Trinajstić information content (AvgIpc) is 2.69. The Labute approximate surface area is 88.7 Å². The Morgan fingerprint density at radius 1 is 1.33 bits per heavy atom. The van der Waals surface area contributed by atoms with E-state index in [2.05, 4.69) is 29.4 Å². The second-order valence-electron chi connectivity index (χ2n) is 3.54. The van der Waals surface area contributed by atoms with Gasteiger partial charge in [0.1, 0.15) is 0 Å². The molecule has 1 aromatic heterocycles. The molecule has 0 saturated carbocycles. The highest BCUT2D eigenvalue weighted by molar-refractivity contribution is 5.25. The summed E-state index contributed by atoms with van der Waals surface area (Å²) in [5.41, 5.74) is 8.81. The van der Waals surface area contributed by atoms with Crippen LogP contribution in [0.1, 0.15) is 16.8 Å². The molecule has 0 spiro atoms. The van der Waals surface area contributed by atoms with Crippen molar-refractivity contribution < 1.29 is 0 Å². The third-order valence-corrected chi connectivity index (χ3v) is 2.39. The fourth-order valence-electron chi connectivity index (χ4n) is 1.47. The number of hydrogen-bond donors (Lipinski definition) is 1. The molecule has 0 amide bonds. The van der Waals surface area contributed by atoms with Gasteiger partial charge in [0.15, 0.2) is 0 Å². The lowest BCUT2D eigenvalue weighted by Crippen LogP contribution is -2.02. The minimum absolute atomic E-state index is 0.438. The van der Waals surface area contributed by atoms with Crippen LogP contribution in [0.5, 0.6) is 0 Å². The van der Waals surface area contributed by atoms with E-state index in [1.807, 2.05) is 23.0 Å². The molecule has 0 unspecified atom stereocenters. The number of hydrogen-bond acceptors (Lipinski definition) is 3. The highest BCUT2D eigenvalue weighted by Gasteiger charge is 2.01. The van der Waals surface area contributed by atoms with Crippen LogP contribution >= 0.6 is 0 Å². The highest BCUT2D eigenvalue weighted by Crippen LogP contribution is 2.08. The summed E-state index contributed by atoms with van der Waals surface area (Å²) in [5.74, 6) is 0. The maximum Gasteiger partial charge on any atom is 0.0962 e. The number of aryl methyl sites for hydroxylation is 1. The number of benzene rings is 1. The Morgan fingerprint density at radius 3 is 2.80 bits per heavy atom. The summed E-state index contributed by atoms with van der Waals surface area (Å²) < 4.78 is 1.81. The summed E-state index contributed by atoms with van der Waals surface area (Å²) >= 11 is 0. The molecule has 4 heteroatoms. The lowest BCUT2D eigenvalue weighted by Gasteiger charge is -2.04. The predicted molar refractivity (Wildman–Crippen MR) is 58.2 cm³/mol. The van der Waals surface area contributed by atoms with E-state index in [9.17, 15) is 0 Å². The van der Waals surface area contributed by atoms with Crippen LogP contribution in [0.25, 0.3) is 0 Å². The molecule has 1 aromatic carbocycles. The van der Waals surface area contributed by atoms with Gasteiger partial charge in [-0.3, -0.25) is 0 Å². The van der Waals surface area contributed by atoms with Gasteiger partial charge in [0, 0.05) is 6.54 Å². The molecule has 0 aliphatic heterocycles. The first-order valence-electron chi connectivity index (χ1n) is 4.93. The smallest absolute Gasteiger partial charge is 0.0962 e. The fraction of sp³-hybridized carbons (Fsp3) is 0.273. The van der Waals surface area contributed by atoms with Crippen LogP contribution in [-0.2, 0) is 13.1 Å². The normalized spacial score (nSPS) is 10.5. The first-order valence-corrected chi connectivity index (χ1v) is 4.93. The van der Waals surface area contributed by atoms with Crippen molar-refractivity contribution in [2.45, 2.75) is 20.0 Å². The standard InChI is InChI=1S/C11H14N4/c1-9-4-2-3-5-10(9)7-15-8-11(6-12)13-14-15/h2-5,8H,6-7,12H2,1H3. The van der Waals surface area contributed by atoms with E-state index in [0.717, 1.165) is 12.2 Å². The van der Waals surface area contributed by atoms with Crippen molar-refractivity contribution in [2.24, 2.45) is 5.73 Å². The second-order valence-corrected chi connectivity index (χ2v) is 3.54. The van der Waals surface area contributed by atoms with Gasteiger partial charge in [-0.05, 0) is 18.1 Å². The van der Waals surface area contributed by atoms with E-state index in [4.69, 9.17) is 5.73 Å². The fourth-order valence-corrected chi connectivity index (χ4v) is 1.47. The molecule has 0 aliphatic carbocycles. The van der Waals surface area contributed by atoms with Crippen LogP contribution in [0.3, 0.4) is 0 Å². The summed E-state index contributed by atoms with van der Waals surface area (Å²) in [7, 11) is 0. The Balaban J connectivity index is 2.18. The van der Waals surface area contributed by atoms with Crippen LogP contribution in [0.4, 0.5) is 0 Å². The summed E-state index contributed by atoms with van der Waals surface area (Å²) in [6.07, 6.45) is 1.88. The zero-order valence-corrected chi connectivity index (χ0v) is 8.72. The zero-order valence-electron chi connectivity index (χ0n) is 8.72. The third-order valence-electron chi connectivity index (χ3n) is 2.39. The van der Waals surface area contributed by atoms with Crippen LogP contribution < -0.4 is 5.73 Å². The van der Waals surface area contributed by atoms with Crippen molar-refractivity contribution in [3.63, 3.8) is 0 Å². The van der Waals surface area contributed by atoms with E-state index in [-0.39, 0.29) is 0 Å². The van der Waals surface area contributed by atoms with Crippen molar-refractivity contribution in [3.05, 3.63) is 47.3 Å². The average molecular weight is 202 g/mol. The molecular formula is C11H14N4. The molecule has 0 atom stereocenters. The molecule has 2 rings (SSSR count). The summed E-state index contributed by atoms with van der Waals surface area (Å²) in [4.78, 5) is 0. The number of rotatable bonds is 3. The maximum absolute atomic E-state index is 5.47. The van der Waals surface area contributed by atoms with Gasteiger partial charge < -0.3 is 5.73 Å². The summed E-state index contributed by atoms with van der Waals surface area (Å²) in [5, 5.41) is 7.96.